The van der Waals surface area contributed by atoms with E-state index in [2.05, 4.69) is 179 Å². The Balaban J connectivity index is 0.917. The molecule has 59 heavy (non-hydrogen) atoms. The van der Waals surface area contributed by atoms with E-state index in [0.717, 1.165) is 56.3 Å². The minimum atomic E-state index is 0.838. The van der Waals surface area contributed by atoms with Crippen LogP contribution in [0.3, 0.4) is 0 Å². The zero-order chi connectivity index (χ0) is 38.6. The van der Waals surface area contributed by atoms with E-state index < -0.39 is 0 Å². The Morgan fingerprint density at radius 1 is 0.288 bits per heavy atom. The van der Waals surface area contributed by atoms with Gasteiger partial charge in [-0.1, -0.05) is 103 Å². The monoisotopic (exact) mass is 754 g/mol. The summed E-state index contributed by atoms with van der Waals surface area (Å²) in [5.41, 5.74) is 15.6. The maximum absolute atomic E-state index is 6.15. The molecule has 0 bridgehead atoms. The van der Waals surface area contributed by atoms with Gasteiger partial charge in [0.2, 0.25) is 0 Å². The molecule has 0 unspecified atom stereocenters. The second-order valence-electron chi connectivity index (χ2n) is 15.7. The molecule has 0 saturated heterocycles. The third-order valence-corrected chi connectivity index (χ3v) is 12.3. The predicted octanol–water partition coefficient (Wildman–Crippen LogP) is 14.9. The lowest BCUT2D eigenvalue weighted by atomic mass is 10.0. The average molecular weight is 755 g/mol. The third kappa shape index (κ3) is 4.90. The molecule has 4 heterocycles. The Bertz CT molecular complexity index is 3830. The van der Waals surface area contributed by atoms with Crippen LogP contribution < -0.4 is 0 Å². The van der Waals surface area contributed by atoms with Gasteiger partial charge in [-0.15, -0.1) is 0 Å². The number of para-hydroxylation sites is 4. The molecule has 0 fully saturated rings. The molecule has 4 heteroatoms. The summed E-state index contributed by atoms with van der Waals surface area (Å²) in [6, 6.07) is 70.1. The summed E-state index contributed by atoms with van der Waals surface area (Å²) in [5, 5.41) is 9.57. The first-order valence-corrected chi connectivity index (χ1v) is 20.2. The number of fused-ring (bicyclic) bond motifs is 12. The lowest BCUT2D eigenvalue weighted by Gasteiger charge is -2.13. The molecule has 0 atom stereocenters. The molecule has 13 aromatic rings. The highest BCUT2D eigenvalue weighted by Crippen LogP contribution is 2.39. The highest BCUT2D eigenvalue weighted by molar-refractivity contribution is 6.12. The molecule has 9 aromatic carbocycles. The first kappa shape index (κ1) is 32.3. The Morgan fingerprint density at radius 3 is 1.36 bits per heavy atom. The van der Waals surface area contributed by atoms with Gasteiger partial charge in [0.1, 0.15) is 22.3 Å². The van der Waals surface area contributed by atoms with Gasteiger partial charge in [0, 0.05) is 54.5 Å². The predicted molar refractivity (Wildman–Crippen MR) is 244 cm³/mol. The topological polar surface area (TPSA) is 36.1 Å². The standard InChI is InChI=1S/C55H34N2O2/c1-5-16-48-40(12-1)44-29-34(28-35-21-26-54-46(30-35)42-14-3-7-18-52(42)58-54)20-24-50(44)56(48)38-10-9-11-39(33-38)57-49-17-6-2-13-41(49)45-31-36(22-25-51(45)57)37-23-27-55-47(32-37)43-15-4-8-19-53(43)59-55/h1-27,29-33H,28H2. The van der Waals surface area contributed by atoms with E-state index in [-0.39, 0.29) is 0 Å². The highest BCUT2D eigenvalue weighted by Gasteiger charge is 2.18. The second kappa shape index (κ2) is 12.3. The average Bonchev–Trinajstić information content (AvgIpc) is 4.03. The fourth-order valence-electron chi connectivity index (χ4n) is 9.63. The zero-order valence-electron chi connectivity index (χ0n) is 31.9. The summed E-state index contributed by atoms with van der Waals surface area (Å²) < 4.78 is 17.1. The number of hydrogen-bond donors (Lipinski definition) is 0. The van der Waals surface area contributed by atoms with Crippen molar-refractivity contribution in [3.8, 4) is 22.5 Å². The van der Waals surface area contributed by atoms with Crippen LogP contribution in [-0.2, 0) is 6.42 Å². The van der Waals surface area contributed by atoms with Crippen LogP contribution in [0.4, 0.5) is 0 Å². The van der Waals surface area contributed by atoms with Crippen LogP contribution in [-0.4, -0.2) is 9.13 Å². The van der Waals surface area contributed by atoms with Crippen molar-refractivity contribution in [2.24, 2.45) is 0 Å². The van der Waals surface area contributed by atoms with Crippen LogP contribution >= 0.6 is 0 Å². The number of rotatable bonds is 5. The van der Waals surface area contributed by atoms with E-state index in [4.69, 9.17) is 8.83 Å². The number of hydrogen-bond acceptors (Lipinski definition) is 2. The Kier molecular flexibility index (Phi) is 6.75. The summed E-state index contributed by atoms with van der Waals surface area (Å²) in [7, 11) is 0. The van der Waals surface area contributed by atoms with Crippen molar-refractivity contribution in [3.63, 3.8) is 0 Å². The maximum Gasteiger partial charge on any atom is 0.135 e. The van der Waals surface area contributed by atoms with Gasteiger partial charge in [-0.05, 0) is 120 Å². The number of benzene rings is 9. The highest BCUT2D eigenvalue weighted by atomic mass is 16.3. The van der Waals surface area contributed by atoms with Crippen LogP contribution in [0.2, 0.25) is 0 Å². The fourth-order valence-corrected chi connectivity index (χ4v) is 9.63. The summed E-state index contributed by atoms with van der Waals surface area (Å²) in [4.78, 5) is 0. The molecular formula is C55H34N2O2. The lowest BCUT2D eigenvalue weighted by molar-refractivity contribution is 0.668. The van der Waals surface area contributed by atoms with Gasteiger partial charge in [-0.3, -0.25) is 0 Å². The van der Waals surface area contributed by atoms with E-state index in [1.807, 2.05) is 24.3 Å². The van der Waals surface area contributed by atoms with Crippen molar-refractivity contribution >= 4 is 87.5 Å². The Labute approximate surface area is 338 Å². The smallest absolute Gasteiger partial charge is 0.135 e. The molecule has 0 radical (unpaired) electrons. The third-order valence-electron chi connectivity index (χ3n) is 12.3. The Morgan fingerprint density at radius 2 is 0.712 bits per heavy atom. The molecule has 0 aliphatic heterocycles. The normalized spacial score (nSPS) is 12.1. The fraction of sp³-hybridized carbons (Fsp3) is 0.0182. The number of furan rings is 2. The molecule has 13 rings (SSSR count). The quantitative estimate of drug-likeness (QED) is 0.175. The van der Waals surface area contributed by atoms with Gasteiger partial charge >= 0.3 is 0 Å². The summed E-state index contributed by atoms with van der Waals surface area (Å²) >= 11 is 0. The Hall–Kier alpha value is -7.82. The van der Waals surface area contributed by atoms with Crippen molar-refractivity contribution < 1.29 is 8.83 Å². The van der Waals surface area contributed by atoms with Crippen LogP contribution in [0.25, 0.3) is 110 Å². The van der Waals surface area contributed by atoms with Crippen molar-refractivity contribution in [3.05, 3.63) is 205 Å². The number of nitrogens with zero attached hydrogens (tertiary/aromatic N) is 2. The molecule has 0 amide bonds. The first-order chi connectivity index (χ1) is 29.2. The van der Waals surface area contributed by atoms with E-state index >= 15 is 0 Å². The maximum atomic E-state index is 6.15. The van der Waals surface area contributed by atoms with Gasteiger partial charge in [0.15, 0.2) is 0 Å². The van der Waals surface area contributed by atoms with Crippen molar-refractivity contribution in [1.82, 2.24) is 9.13 Å². The number of aromatic nitrogens is 2. The van der Waals surface area contributed by atoms with Gasteiger partial charge in [0.05, 0.1) is 22.1 Å². The lowest BCUT2D eigenvalue weighted by Crippen LogP contribution is -1.98. The van der Waals surface area contributed by atoms with Gasteiger partial charge in [0.25, 0.3) is 0 Å². The summed E-state index contributed by atoms with van der Waals surface area (Å²) in [5.74, 6) is 0. The van der Waals surface area contributed by atoms with E-state index in [0.29, 0.717) is 0 Å². The molecule has 0 spiro atoms. The minimum absolute atomic E-state index is 0.838. The van der Waals surface area contributed by atoms with E-state index in [1.165, 1.54) is 71.3 Å². The zero-order valence-corrected chi connectivity index (χ0v) is 31.9. The molecule has 276 valence electrons. The van der Waals surface area contributed by atoms with Crippen LogP contribution in [0.5, 0.6) is 0 Å². The van der Waals surface area contributed by atoms with Crippen LogP contribution in [0.1, 0.15) is 11.1 Å². The molecule has 0 aliphatic carbocycles. The summed E-state index contributed by atoms with van der Waals surface area (Å²) in [6.45, 7) is 0. The van der Waals surface area contributed by atoms with Crippen molar-refractivity contribution in [1.29, 1.82) is 0 Å². The van der Waals surface area contributed by atoms with Gasteiger partial charge in [-0.2, -0.15) is 0 Å². The largest absolute Gasteiger partial charge is 0.456 e. The molecule has 0 saturated carbocycles. The molecule has 4 nitrogen and oxygen atoms in total. The first-order valence-electron chi connectivity index (χ1n) is 20.2. The van der Waals surface area contributed by atoms with Crippen LogP contribution in [0.15, 0.2) is 203 Å². The SMILES string of the molecule is c1cc(-n2c3ccccc3c3cc(Cc4ccc5oc6ccccc6c5c4)ccc32)cc(-n2c3ccccc3c3cc(-c4ccc5oc6ccccc6c5c4)ccc32)c1. The molecule has 0 N–H and O–H groups in total. The molecule has 4 aromatic heterocycles. The van der Waals surface area contributed by atoms with E-state index in [9.17, 15) is 0 Å². The van der Waals surface area contributed by atoms with Crippen LogP contribution in [0, 0.1) is 0 Å². The van der Waals surface area contributed by atoms with E-state index in [1.54, 1.807) is 0 Å². The van der Waals surface area contributed by atoms with Gasteiger partial charge in [-0.25, -0.2) is 0 Å². The van der Waals surface area contributed by atoms with Crippen molar-refractivity contribution in [2.45, 2.75) is 6.42 Å². The van der Waals surface area contributed by atoms with Crippen molar-refractivity contribution in [2.75, 3.05) is 0 Å². The second-order valence-corrected chi connectivity index (χ2v) is 15.7. The van der Waals surface area contributed by atoms with Gasteiger partial charge < -0.3 is 18.0 Å². The minimum Gasteiger partial charge on any atom is -0.456 e. The molecular weight excluding hydrogens is 721 g/mol. The molecule has 0 aliphatic rings. The summed E-state index contributed by atoms with van der Waals surface area (Å²) in [6.07, 6.45) is 0.838.